The molecule has 0 aliphatic heterocycles. The lowest BCUT2D eigenvalue weighted by Crippen LogP contribution is -2.61. The maximum absolute atomic E-state index is 12.6. The molecule has 3 amide bonds. The van der Waals surface area contributed by atoms with Gasteiger partial charge in [0.1, 0.15) is 18.1 Å². The van der Waals surface area contributed by atoms with Crippen LogP contribution in [0.5, 0.6) is 0 Å². The molecule has 14 heteroatoms. The molecular weight excluding hydrogens is 420 g/mol. The Hall–Kier alpha value is -2.81. The van der Waals surface area contributed by atoms with Crippen LogP contribution < -0.4 is 21.7 Å². The summed E-state index contributed by atoms with van der Waals surface area (Å²) in [6, 6.07) is -6.33. The Bertz CT molecular complexity index is 667. The van der Waals surface area contributed by atoms with Gasteiger partial charge in [0, 0.05) is 6.42 Å². The molecule has 178 valence electrons. The average molecular weight is 450 g/mol. The van der Waals surface area contributed by atoms with Gasteiger partial charge in [0.2, 0.25) is 17.7 Å². The van der Waals surface area contributed by atoms with Crippen LogP contribution in [0.3, 0.4) is 0 Å². The number of nitrogens with one attached hydrogen (secondary N) is 3. The number of carbonyl (C=O) groups excluding carboxylic acids is 3. The number of aliphatic hydroxyl groups excluding tert-OH is 3. The zero-order chi connectivity index (χ0) is 24.5. The highest BCUT2D eigenvalue weighted by molar-refractivity contribution is 5.94. The molecule has 0 saturated carbocycles. The van der Waals surface area contributed by atoms with Gasteiger partial charge in [-0.3, -0.25) is 19.2 Å². The normalized spacial score (nSPS) is 17.8. The van der Waals surface area contributed by atoms with Crippen molar-refractivity contribution in [3.8, 4) is 0 Å². The van der Waals surface area contributed by atoms with Gasteiger partial charge < -0.3 is 47.2 Å². The van der Waals surface area contributed by atoms with E-state index in [1.165, 1.54) is 6.92 Å². The Balaban J connectivity index is 5.49. The van der Waals surface area contributed by atoms with Crippen LogP contribution in [0, 0.1) is 0 Å². The molecule has 7 atom stereocenters. The zero-order valence-corrected chi connectivity index (χ0v) is 17.3. The van der Waals surface area contributed by atoms with Gasteiger partial charge in [-0.2, -0.15) is 0 Å². The second-order valence-corrected chi connectivity index (χ2v) is 7.05. The van der Waals surface area contributed by atoms with Crippen molar-refractivity contribution in [1.82, 2.24) is 16.0 Å². The number of carboxylic acid groups (broad SMARTS) is 2. The second kappa shape index (κ2) is 12.8. The van der Waals surface area contributed by atoms with Crippen molar-refractivity contribution in [3.63, 3.8) is 0 Å². The molecule has 7 unspecified atom stereocenters. The van der Waals surface area contributed by atoms with E-state index >= 15 is 0 Å². The first kappa shape index (κ1) is 28.2. The molecule has 0 aromatic heterocycles. The second-order valence-electron chi connectivity index (χ2n) is 7.05. The molecule has 0 aromatic carbocycles. The highest BCUT2D eigenvalue weighted by Gasteiger charge is 2.34. The van der Waals surface area contributed by atoms with E-state index in [4.69, 9.17) is 15.9 Å². The van der Waals surface area contributed by atoms with Crippen LogP contribution in [0.4, 0.5) is 0 Å². The van der Waals surface area contributed by atoms with Crippen LogP contribution in [-0.4, -0.2) is 97.7 Å². The number of nitrogens with two attached hydrogens (primary N) is 1. The molecule has 0 heterocycles. The summed E-state index contributed by atoms with van der Waals surface area (Å²) in [4.78, 5) is 59.0. The Morgan fingerprint density at radius 2 is 1.23 bits per heavy atom. The summed E-state index contributed by atoms with van der Waals surface area (Å²) >= 11 is 0. The first-order valence-electron chi connectivity index (χ1n) is 9.34. The fourth-order valence-corrected chi connectivity index (χ4v) is 2.31. The predicted octanol–water partition coefficient (Wildman–Crippen LogP) is -4.14. The highest BCUT2D eigenvalue weighted by Crippen LogP contribution is 2.04. The number of aliphatic carboxylic acids is 2. The van der Waals surface area contributed by atoms with Gasteiger partial charge in [-0.25, -0.2) is 4.79 Å². The molecule has 0 aliphatic carbocycles. The van der Waals surface area contributed by atoms with E-state index in [1.807, 2.05) is 5.32 Å². The van der Waals surface area contributed by atoms with Crippen LogP contribution >= 0.6 is 0 Å². The molecule has 0 spiro atoms. The van der Waals surface area contributed by atoms with Gasteiger partial charge in [0.15, 0.2) is 6.04 Å². The topological polar surface area (TPSA) is 249 Å². The number of aliphatic hydroxyl groups is 3. The molecule has 0 rings (SSSR count). The SMILES string of the molecule is CC(O)C(N)C(=O)NC(CCC(=O)O)C(=O)NC(C(=O)NC(C(=O)O)C(C)O)C(C)O. The minimum Gasteiger partial charge on any atom is -0.481 e. The fraction of sp³-hybridized carbons (Fsp3) is 0.706. The van der Waals surface area contributed by atoms with E-state index in [0.717, 1.165) is 13.8 Å². The summed E-state index contributed by atoms with van der Waals surface area (Å²) in [7, 11) is 0. The minimum absolute atomic E-state index is 0.404. The van der Waals surface area contributed by atoms with Gasteiger partial charge in [-0.1, -0.05) is 0 Å². The maximum atomic E-state index is 12.6. The Morgan fingerprint density at radius 1 is 0.742 bits per heavy atom. The van der Waals surface area contributed by atoms with Crippen LogP contribution in [0.2, 0.25) is 0 Å². The van der Waals surface area contributed by atoms with Crippen molar-refractivity contribution in [1.29, 1.82) is 0 Å². The fourth-order valence-electron chi connectivity index (χ4n) is 2.31. The van der Waals surface area contributed by atoms with Crippen LogP contribution in [-0.2, 0) is 24.0 Å². The van der Waals surface area contributed by atoms with Gasteiger partial charge in [-0.15, -0.1) is 0 Å². The van der Waals surface area contributed by atoms with E-state index in [1.54, 1.807) is 0 Å². The standard InChI is InChI=1S/C17H30N4O10/c1-6(22)11(18)15(28)19-9(4-5-10(25)26)14(27)20-12(7(2)23)16(29)21-13(8(3)24)17(30)31/h6-9,11-13,22-24H,4-5,18H2,1-3H3,(H,19,28)(H,20,27)(H,21,29)(H,25,26)(H,30,31). The lowest BCUT2D eigenvalue weighted by Gasteiger charge is -2.27. The highest BCUT2D eigenvalue weighted by atomic mass is 16.4. The summed E-state index contributed by atoms with van der Waals surface area (Å²) in [6.07, 6.45) is -5.23. The molecule has 31 heavy (non-hydrogen) atoms. The van der Waals surface area contributed by atoms with E-state index in [2.05, 4.69) is 10.6 Å². The molecule has 0 aromatic rings. The summed E-state index contributed by atoms with van der Waals surface area (Å²) in [5.74, 6) is -5.99. The number of amides is 3. The van der Waals surface area contributed by atoms with Crippen LogP contribution in [0.1, 0.15) is 33.6 Å². The molecule has 0 fully saturated rings. The van der Waals surface area contributed by atoms with Crippen molar-refractivity contribution in [2.45, 2.75) is 76.1 Å². The monoisotopic (exact) mass is 450 g/mol. The average Bonchev–Trinajstić information content (AvgIpc) is 2.64. The Morgan fingerprint density at radius 3 is 1.61 bits per heavy atom. The first-order valence-corrected chi connectivity index (χ1v) is 9.34. The molecule has 14 nitrogen and oxygen atoms in total. The van der Waals surface area contributed by atoms with E-state index in [0.29, 0.717) is 0 Å². The molecule has 0 bridgehead atoms. The van der Waals surface area contributed by atoms with E-state index in [-0.39, 0.29) is 0 Å². The lowest BCUT2D eigenvalue weighted by molar-refractivity contribution is -0.146. The van der Waals surface area contributed by atoms with Crippen molar-refractivity contribution in [3.05, 3.63) is 0 Å². The van der Waals surface area contributed by atoms with E-state index in [9.17, 15) is 39.3 Å². The van der Waals surface area contributed by atoms with Crippen LogP contribution in [0.25, 0.3) is 0 Å². The number of hydrogen-bond acceptors (Lipinski definition) is 9. The Kier molecular flexibility index (Phi) is 11.6. The minimum atomic E-state index is -1.72. The maximum Gasteiger partial charge on any atom is 0.328 e. The first-order chi connectivity index (χ1) is 14.2. The van der Waals surface area contributed by atoms with Gasteiger partial charge in [0.25, 0.3) is 0 Å². The van der Waals surface area contributed by atoms with Crippen molar-refractivity contribution < 1.29 is 49.5 Å². The molecular formula is C17H30N4O10. The van der Waals surface area contributed by atoms with Crippen molar-refractivity contribution >= 4 is 29.7 Å². The van der Waals surface area contributed by atoms with Gasteiger partial charge >= 0.3 is 11.9 Å². The van der Waals surface area contributed by atoms with Crippen molar-refractivity contribution in [2.24, 2.45) is 5.73 Å². The number of rotatable bonds is 13. The third-order valence-electron chi connectivity index (χ3n) is 4.21. The van der Waals surface area contributed by atoms with Crippen LogP contribution in [0.15, 0.2) is 0 Å². The van der Waals surface area contributed by atoms with E-state index < -0.39 is 85.0 Å². The smallest absolute Gasteiger partial charge is 0.328 e. The molecule has 0 saturated heterocycles. The van der Waals surface area contributed by atoms with Gasteiger partial charge in [-0.05, 0) is 27.2 Å². The molecule has 0 radical (unpaired) electrons. The predicted molar refractivity (Wildman–Crippen MR) is 103 cm³/mol. The summed E-state index contributed by atoms with van der Waals surface area (Å²) < 4.78 is 0. The number of carbonyl (C=O) groups is 5. The third kappa shape index (κ3) is 9.69. The largest absolute Gasteiger partial charge is 0.481 e. The Labute approximate surface area is 177 Å². The summed E-state index contributed by atoms with van der Waals surface area (Å²) in [6.45, 7) is 3.46. The van der Waals surface area contributed by atoms with Gasteiger partial charge in [0.05, 0.1) is 18.3 Å². The number of carboxylic acids is 2. The quantitative estimate of drug-likeness (QED) is 0.130. The molecule has 0 aliphatic rings. The summed E-state index contributed by atoms with van der Waals surface area (Å²) in [5, 5.41) is 52.8. The third-order valence-corrected chi connectivity index (χ3v) is 4.21. The number of hydrogen-bond donors (Lipinski definition) is 9. The molecule has 10 N–H and O–H groups in total. The zero-order valence-electron chi connectivity index (χ0n) is 17.3. The van der Waals surface area contributed by atoms with Crippen molar-refractivity contribution in [2.75, 3.05) is 0 Å². The lowest BCUT2D eigenvalue weighted by atomic mass is 10.1. The summed E-state index contributed by atoms with van der Waals surface area (Å²) in [5.41, 5.74) is 5.48.